The van der Waals surface area contributed by atoms with Gasteiger partial charge in [-0.3, -0.25) is 4.57 Å². The summed E-state index contributed by atoms with van der Waals surface area (Å²) >= 11 is 0. The van der Waals surface area contributed by atoms with E-state index < -0.39 is 11.3 Å². The molecule has 2 unspecified atom stereocenters. The number of rotatable bonds is 2. The van der Waals surface area contributed by atoms with Crippen molar-refractivity contribution in [2.24, 2.45) is 0 Å². The van der Waals surface area contributed by atoms with Crippen LogP contribution >= 0.6 is 0 Å². The Balaban J connectivity index is 2.24. The molecule has 1 aromatic heterocycles. The van der Waals surface area contributed by atoms with Crippen molar-refractivity contribution < 1.29 is 9.84 Å². The van der Waals surface area contributed by atoms with Crippen LogP contribution in [-0.2, 0) is 4.74 Å². The normalized spacial score (nSPS) is 29.5. The summed E-state index contributed by atoms with van der Waals surface area (Å²) < 4.78 is 7.04. The van der Waals surface area contributed by atoms with Crippen molar-refractivity contribution in [1.29, 1.82) is 0 Å². The van der Waals surface area contributed by atoms with Crippen LogP contribution in [0.2, 0.25) is 0 Å². The molecular formula is C10H15N3O3. The van der Waals surface area contributed by atoms with E-state index in [1.807, 2.05) is 6.92 Å². The third-order valence-electron chi connectivity index (χ3n) is 2.84. The van der Waals surface area contributed by atoms with Crippen molar-refractivity contribution in [2.75, 3.05) is 12.3 Å². The van der Waals surface area contributed by atoms with Crippen LogP contribution in [0, 0.1) is 0 Å². The Kier molecular flexibility index (Phi) is 2.69. The molecule has 0 bridgehead atoms. The molecular weight excluding hydrogens is 210 g/mol. The minimum absolute atomic E-state index is 0.0549. The van der Waals surface area contributed by atoms with Gasteiger partial charge >= 0.3 is 5.69 Å². The maximum absolute atomic E-state index is 11.6. The number of ether oxygens (including phenoxy) is 1. The highest BCUT2D eigenvalue weighted by molar-refractivity contribution is 5.23. The van der Waals surface area contributed by atoms with E-state index in [9.17, 15) is 4.79 Å². The van der Waals surface area contributed by atoms with E-state index in [1.165, 1.54) is 4.57 Å². The number of nitrogens with two attached hydrogens (primary N) is 1. The molecule has 16 heavy (non-hydrogen) atoms. The molecule has 0 spiro atoms. The van der Waals surface area contributed by atoms with Gasteiger partial charge in [-0.2, -0.15) is 4.98 Å². The second-order valence-electron chi connectivity index (χ2n) is 4.26. The Labute approximate surface area is 92.7 Å². The van der Waals surface area contributed by atoms with E-state index in [1.54, 1.807) is 12.3 Å². The topological polar surface area (TPSA) is 90.4 Å². The molecule has 0 amide bonds. The fraction of sp³-hybridized carbons (Fsp3) is 0.600. The third kappa shape index (κ3) is 1.94. The second-order valence-corrected chi connectivity index (χ2v) is 4.26. The lowest BCUT2D eigenvalue weighted by Crippen LogP contribution is -2.32. The molecule has 88 valence electrons. The fourth-order valence-corrected chi connectivity index (χ4v) is 1.83. The van der Waals surface area contributed by atoms with Gasteiger partial charge < -0.3 is 15.6 Å². The van der Waals surface area contributed by atoms with E-state index in [0.717, 1.165) is 0 Å². The zero-order valence-electron chi connectivity index (χ0n) is 9.09. The molecule has 2 atom stereocenters. The number of anilines is 1. The molecule has 3 N–H and O–H groups in total. The van der Waals surface area contributed by atoms with Crippen molar-refractivity contribution in [1.82, 2.24) is 9.55 Å². The van der Waals surface area contributed by atoms with Gasteiger partial charge in [0.1, 0.15) is 12.0 Å². The van der Waals surface area contributed by atoms with Crippen molar-refractivity contribution in [3.63, 3.8) is 0 Å². The Bertz CT molecular complexity index is 445. The summed E-state index contributed by atoms with van der Waals surface area (Å²) in [5.74, 6) is 0.198. The Hall–Kier alpha value is -1.40. The highest BCUT2D eigenvalue weighted by atomic mass is 16.5. The highest BCUT2D eigenvalue weighted by Crippen LogP contribution is 2.34. The maximum Gasteiger partial charge on any atom is 0.351 e. The van der Waals surface area contributed by atoms with Crippen molar-refractivity contribution >= 4 is 5.82 Å². The van der Waals surface area contributed by atoms with E-state index in [-0.39, 0.29) is 18.7 Å². The SMILES string of the molecule is CC1(CO)CCC(n2ccc(N)nc2=O)O1. The summed E-state index contributed by atoms with van der Waals surface area (Å²) in [5.41, 5.74) is 4.41. The van der Waals surface area contributed by atoms with Gasteiger partial charge in [0.2, 0.25) is 0 Å². The summed E-state index contributed by atoms with van der Waals surface area (Å²) in [6.45, 7) is 1.77. The van der Waals surface area contributed by atoms with Gasteiger partial charge in [-0.25, -0.2) is 4.79 Å². The number of hydrogen-bond donors (Lipinski definition) is 2. The molecule has 2 rings (SSSR count). The monoisotopic (exact) mass is 225 g/mol. The largest absolute Gasteiger partial charge is 0.393 e. The molecule has 0 saturated carbocycles. The van der Waals surface area contributed by atoms with Gasteiger partial charge in [0.25, 0.3) is 0 Å². The van der Waals surface area contributed by atoms with Crippen molar-refractivity contribution in [3.05, 3.63) is 22.7 Å². The van der Waals surface area contributed by atoms with Crippen LogP contribution in [0.15, 0.2) is 17.1 Å². The first-order valence-corrected chi connectivity index (χ1v) is 5.17. The summed E-state index contributed by atoms with van der Waals surface area (Å²) in [6, 6.07) is 1.55. The molecule has 1 aliphatic rings. The van der Waals surface area contributed by atoms with Crippen LogP contribution in [-0.4, -0.2) is 26.9 Å². The van der Waals surface area contributed by atoms with Crippen molar-refractivity contribution in [2.45, 2.75) is 31.6 Å². The molecule has 1 fully saturated rings. The average molecular weight is 225 g/mol. The van der Waals surface area contributed by atoms with Gasteiger partial charge in [-0.15, -0.1) is 0 Å². The smallest absolute Gasteiger partial charge is 0.351 e. The molecule has 0 aliphatic carbocycles. The highest BCUT2D eigenvalue weighted by Gasteiger charge is 2.36. The molecule has 0 radical (unpaired) electrons. The average Bonchev–Trinajstić information content (AvgIpc) is 2.62. The standard InChI is InChI=1S/C10H15N3O3/c1-10(6-14)4-2-8(16-10)13-5-3-7(11)12-9(13)15/h3,5,8,14H,2,4,6H2,1H3,(H2,11,12,15). The molecule has 1 aliphatic heterocycles. The molecule has 6 heteroatoms. The Morgan fingerprint density at radius 3 is 3.12 bits per heavy atom. The van der Waals surface area contributed by atoms with E-state index >= 15 is 0 Å². The van der Waals surface area contributed by atoms with Gasteiger partial charge in [0.05, 0.1) is 12.2 Å². The number of hydrogen-bond acceptors (Lipinski definition) is 5. The van der Waals surface area contributed by atoms with Gasteiger partial charge in [-0.05, 0) is 25.8 Å². The number of nitrogen functional groups attached to an aromatic ring is 1. The zero-order chi connectivity index (χ0) is 11.8. The molecule has 6 nitrogen and oxygen atoms in total. The Morgan fingerprint density at radius 1 is 1.81 bits per heavy atom. The van der Waals surface area contributed by atoms with Crippen LogP contribution in [0.25, 0.3) is 0 Å². The van der Waals surface area contributed by atoms with Crippen LogP contribution < -0.4 is 11.4 Å². The first-order valence-electron chi connectivity index (χ1n) is 5.17. The lowest BCUT2D eigenvalue weighted by Gasteiger charge is -2.22. The van der Waals surface area contributed by atoms with Crippen LogP contribution in [0.3, 0.4) is 0 Å². The number of aliphatic hydroxyl groups is 1. The van der Waals surface area contributed by atoms with Gasteiger partial charge in [0, 0.05) is 6.20 Å². The lowest BCUT2D eigenvalue weighted by molar-refractivity contribution is -0.0881. The van der Waals surface area contributed by atoms with Gasteiger partial charge in [-0.1, -0.05) is 0 Å². The number of nitrogens with zero attached hydrogens (tertiary/aromatic N) is 2. The third-order valence-corrected chi connectivity index (χ3v) is 2.84. The zero-order valence-corrected chi connectivity index (χ0v) is 9.09. The fourth-order valence-electron chi connectivity index (χ4n) is 1.83. The Morgan fingerprint density at radius 2 is 2.56 bits per heavy atom. The quantitative estimate of drug-likeness (QED) is 0.732. The summed E-state index contributed by atoms with van der Waals surface area (Å²) in [5, 5.41) is 9.16. The first kappa shape index (κ1) is 11.1. The van der Waals surface area contributed by atoms with Crippen LogP contribution in [0.5, 0.6) is 0 Å². The number of aliphatic hydroxyl groups excluding tert-OH is 1. The molecule has 2 heterocycles. The summed E-state index contributed by atoms with van der Waals surface area (Å²) in [7, 11) is 0. The summed E-state index contributed by atoms with van der Waals surface area (Å²) in [4.78, 5) is 15.2. The minimum atomic E-state index is -0.564. The maximum atomic E-state index is 11.6. The molecule has 0 aromatic carbocycles. The molecule has 1 aromatic rings. The summed E-state index contributed by atoms with van der Waals surface area (Å²) in [6.07, 6.45) is 2.60. The van der Waals surface area contributed by atoms with Crippen LogP contribution in [0.1, 0.15) is 26.0 Å². The molecule has 1 saturated heterocycles. The van der Waals surface area contributed by atoms with E-state index in [4.69, 9.17) is 15.6 Å². The van der Waals surface area contributed by atoms with Crippen molar-refractivity contribution in [3.8, 4) is 0 Å². The predicted octanol–water partition coefficient (Wildman–Crippen LogP) is -0.114. The minimum Gasteiger partial charge on any atom is -0.393 e. The van der Waals surface area contributed by atoms with Crippen LogP contribution in [0.4, 0.5) is 5.82 Å². The first-order chi connectivity index (χ1) is 7.54. The van der Waals surface area contributed by atoms with E-state index in [0.29, 0.717) is 12.8 Å². The lowest BCUT2D eigenvalue weighted by atomic mass is 10.0. The second kappa shape index (κ2) is 3.88. The van der Waals surface area contributed by atoms with Gasteiger partial charge in [0.15, 0.2) is 0 Å². The van der Waals surface area contributed by atoms with E-state index in [2.05, 4.69) is 4.98 Å². The predicted molar refractivity (Wildman–Crippen MR) is 57.8 cm³/mol. The number of aromatic nitrogens is 2.